The molecule has 0 bridgehead atoms. The molecule has 0 saturated heterocycles. The first-order valence-electron chi connectivity index (χ1n) is 7.77. The molecule has 0 fully saturated rings. The van der Waals surface area contributed by atoms with Crippen LogP contribution in [0.1, 0.15) is 12.8 Å². The summed E-state index contributed by atoms with van der Waals surface area (Å²) in [5, 5.41) is 3.54. The molecule has 1 aromatic heterocycles. The Labute approximate surface area is 163 Å². The highest BCUT2D eigenvalue weighted by atomic mass is 79.9. The monoisotopic (exact) mass is 436 g/mol. The highest BCUT2D eigenvalue weighted by Crippen LogP contribution is 2.31. The van der Waals surface area contributed by atoms with Crippen LogP contribution in [0.2, 0.25) is 0 Å². The summed E-state index contributed by atoms with van der Waals surface area (Å²) in [5.41, 5.74) is 0.887. The number of anilines is 1. The molecule has 0 radical (unpaired) electrons. The Morgan fingerprint density at radius 3 is 2.80 bits per heavy atom. The Hall–Kier alpha value is -1.57. The third kappa shape index (κ3) is 4.96. The van der Waals surface area contributed by atoms with Gasteiger partial charge in [0.25, 0.3) is 0 Å². The van der Waals surface area contributed by atoms with Crippen molar-refractivity contribution in [3.8, 4) is 5.75 Å². The van der Waals surface area contributed by atoms with Gasteiger partial charge in [0.2, 0.25) is 5.91 Å². The van der Waals surface area contributed by atoms with E-state index in [1.165, 1.54) is 16.2 Å². The fraction of sp³-hybridized carbons (Fsp3) is 0.222. The maximum atomic E-state index is 12.1. The van der Waals surface area contributed by atoms with Gasteiger partial charge in [0, 0.05) is 15.8 Å². The van der Waals surface area contributed by atoms with Crippen LogP contribution in [0.25, 0.3) is 10.2 Å². The van der Waals surface area contributed by atoms with Gasteiger partial charge < -0.3 is 10.1 Å². The van der Waals surface area contributed by atoms with Gasteiger partial charge in [-0.3, -0.25) is 4.79 Å². The van der Waals surface area contributed by atoms with Crippen LogP contribution in [-0.4, -0.2) is 23.8 Å². The van der Waals surface area contributed by atoms with Crippen molar-refractivity contribution in [3.63, 3.8) is 0 Å². The van der Waals surface area contributed by atoms with Gasteiger partial charge in [-0.25, -0.2) is 4.98 Å². The number of amides is 1. The topological polar surface area (TPSA) is 51.2 Å². The number of thiazole rings is 1. The predicted molar refractivity (Wildman–Crippen MR) is 109 cm³/mol. The molecular formula is C18H17BrN2O2S2. The highest BCUT2D eigenvalue weighted by molar-refractivity contribution is 9.10. The van der Waals surface area contributed by atoms with Gasteiger partial charge in [-0.15, -0.1) is 11.8 Å². The first-order chi connectivity index (χ1) is 12.2. The standard InChI is InChI=1S/C18H17BrN2O2S2/c1-23-12-7-9-13(10-8-12)24-11-3-6-16(22)20-18-21-17-14(19)4-2-5-15(17)25-18/h2,4-5,7-10H,3,6,11H2,1H3,(H,20,21,22). The van der Waals surface area contributed by atoms with Crippen molar-refractivity contribution in [3.05, 3.63) is 46.9 Å². The Morgan fingerprint density at radius 1 is 1.28 bits per heavy atom. The van der Waals surface area contributed by atoms with Gasteiger partial charge in [0.15, 0.2) is 5.13 Å². The summed E-state index contributed by atoms with van der Waals surface area (Å²) < 4.78 is 7.14. The molecule has 0 spiro atoms. The summed E-state index contributed by atoms with van der Waals surface area (Å²) in [6, 6.07) is 13.9. The number of para-hydroxylation sites is 1. The molecule has 1 N–H and O–H groups in total. The number of hydrogen-bond donors (Lipinski definition) is 1. The van der Waals surface area contributed by atoms with Gasteiger partial charge in [-0.05, 0) is 64.5 Å². The van der Waals surface area contributed by atoms with E-state index in [0.29, 0.717) is 11.6 Å². The van der Waals surface area contributed by atoms with Crippen LogP contribution in [0.5, 0.6) is 5.75 Å². The van der Waals surface area contributed by atoms with E-state index in [2.05, 4.69) is 26.2 Å². The van der Waals surface area contributed by atoms with Crippen LogP contribution in [0.3, 0.4) is 0 Å². The second-order valence-corrected chi connectivity index (χ2v) is 8.33. The lowest BCUT2D eigenvalue weighted by molar-refractivity contribution is -0.116. The first-order valence-corrected chi connectivity index (χ1v) is 10.4. The lowest BCUT2D eigenvalue weighted by Crippen LogP contribution is -2.11. The fourth-order valence-electron chi connectivity index (χ4n) is 2.24. The molecule has 0 saturated carbocycles. The van der Waals surface area contributed by atoms with E-state index >= 15 is 0 Å². The molecule has 0 unspecified atom stereocenters. The lowest BCUT2D eigenvalue weighted by Gasteiger charge is -2.04. The fourth-order valence-corrected chi connectivity index (χ4v) is 4.59. The van der Waals surface area contributed by atoms with Crippen LogP contribution < -0.4 is 10.1 Å². The summed E-state index contributed by atoms with van der Waals surface area (Å²) in [7, 11) is 1.66. The van der Waals surface area contributed by atoms with Gasteiger partial charge in [0.05, 0.1) is 17.3 Å². The highest BCUT2D eigenvalue weighted by Gasteiger charge is 2.09. The number of thioether (sulfide) groups is 1. The molecule has 4 nitrogen and oxygen atoms in total. The van der Waals surface area contributed by atoms with E-state index in [1.807, 2.05) is 42.5 Å². The SMILES string of the molecule is COc1ccc(SCCCC(=O)Nc2nc3c(Br)cccc3s2)cc1. The average molecular weight is 437 g/mol. The number of halogens is 1. The average Bonchev–Trinajstić information content (AvgIpc) is 3.03. The molecule has 0 atom stereocenters. The Kier molecular flexibility index (Phi) is 6.34. The zero-order chi connectivity index (χ0) is 17.6. The third-order valence-corrected chi connectivity index (χ3v) is 6.17. The van der Waals surface area contributed by atoms with E-state index in [4.69, 9.17) is 4.74 Å². The van der Waals surface area contributed by atoms with Crippen LogP contribution in [0.15, 0.2) is 51.8 Å². The number of nitrogens with one attached hydrogen (secondary N) is 1. The summed E-state index contributed by atoms with van der Waals surface area (Å²) in [4.78, 5) is 17.7. The van der Waals surface area contributed by atoms with Crippen molar-refractivity contribution >= 4 is 60.3 Å². The molecule has 3 aromatic rings. The number of fused-ring (bicyclic) bond motifs is 1. The first kappa shape index (κ1) is 18.2. The normalized spacial score (nSPS) is 10.8. The lowest BCUT2D eigenvalue weighted by atomic mass is 10.3. The smallest absolute Gasteiger partial charge is 0.226 e. The summed E-state index contributed by atoms with van der Waals surface area (Å²) in [5.74, 6) is 1.75. The quantitative estimate of drug-likeness (QED) is 0.387. The molecule has 0 aliphatic rings. The number of rotatable bonds is 7. The molecule has 7 heteroatoms. The minimum absolute atomic E-state index is 0.00510. The maximum absolute atomic E-state index is 12.1. The second-order valence-electron chi connectivity index (χ2n) is 5.28. The van der Waals surface area contributed by atoms with E-state index in [1.54, 1.807) is 18.9 Å². The largest absolute Gasteiger partial charge is 0.497 e. The van der Waals surface area contributed by atoms with Gasteiger partial charge in [-0.2, -0.15) is 0 Å². The van der Waals surface area contributed by atoms with Crippen molar-refractivity contribution in [2.24, 2.45) is 0 Å². The van der Waals surface area contributed by atoms with Crippen LogP contribution in [0, 0.1) is 0 Å². The van der Waals surface area contributed by atoms with Crippen molar-refractivity contribution in [2.45, 2.75) is 17.7 Å². The molecule has 1 heterocycles. The van der Waals surface area contributed by atoms with Crippen molar-refractivity contribution in [1.82, 2.24) is 4.98 Å². The molecular weight excluding hydrogens is 420 g/mol. The number of nitrogens with zero attached hydrogens (tertiary/aromatic N) is 1. The number of aromatic nitrogens is 1. The summed E-state index contributed by atoms with van der Waals surface area (Å²) >= 11 is 6.71. The molecule has 130 valence electrons. The van der Waals surface area contributed by atoms with E-state index < -0.39 is 0 Å². The van der Waals surface area contributed by atoms with Gasteiger partial charge in [-0.1, -0.05) is 17.4 Å². The molecule has 25 heavy (non-hydrogen) atoms. The van der Waals surface area contributed by atoms with Crippen LogP contribution in [-0.2, 0) is 4.79 Å². The Morgan fingerprint density at radius 2 is 2.08 bits per heavy atom. The molecule has 3 rings (SSSR count). The molecule has 1 amide bonds. The minimum Gasteiger partial charge on any atom is -0.497 e. The van der Waals surface area contributed by atoms with Crippen molar-refractivity contribution < 1.29 is 9.53 Å². The van der Waals surface area contributed by atoms with Gasteiger partial charge >= 0.3 is 0 Å². The summed E-state index contributed by atoms with van der Waals surface area (Å²) in [6.45, 7) is 0. The number of carbonyl (C=O) groups is 1. The Bertz CT molecular complexity index is 865. The number of benzene rings is 2. The molecule has 0 aliphatic heterocycles. The predicted octanol–water partition coefficient (Wildman–Crippen LogP) is 5.58. The zero-order valence-electron chi connectivity index (χ0n) is 13.6. The molecule has 0 aliphatic carbocycles. The molecule has 2 aromatic carbocycles. The number of methoxy groups -OCH3 is 1. The summed E-state index contributed by atoms with van der Waals surface area (Å²) in [6.07, 6.45) is 1.30. The van der Waals surface area contributed by atoms with Crippen molar-refractivity contribution in [2.75, 3.05) is 18.2 Å². The third-order valence-electron chi connectivity index (χ3n) is 3.49. The Balaban J connectivity index is 1.45. The van der Waals surface area contributed by atoms with Crippen LogP contribution >= 0.6 is 39.0 Å². The van der Waals surface area contributed by atoms with Gasteiger partial charge in [0.1, 0.15) is 5.75 Å². The maximum Gasteiger partial charge on any atom is 0.226 e. The zero-order valence-corrected chi connectivity index (χ0v) is 16.8. The van der Waals surface area contributed by atoms with E-state index in [9.17, 15) is 4.79 Å². The number of carbonyl (C=O) groups excluding carboxylic acids is 1. The van der Waals surface area contributed by atoms with Crippen molar-refractivity contribution in [1.29, 1.82) is 0 Å². The minimum atomic E-state index is 0.00510. The van der Waals surface area contributed by atoms with E-state index in [-0.39, 0.29) is 5.91 Å². The van der Waals surface area contributed by atoms with E-state index in [0.717, 1.165) is 32.6 Å². The van der Waals surface area contributed by atoms with Crippen LogP contribution in [0.4, 0.5) is 5.13 Å². The number of ether oxygens (including phenoxy) is 1. The number of hydrogen-bond acceptors (Lipinski definition) is 5. The second kappa shape index (κ2) is 8.69.